The Hall–Kier alpha value is -1.60. The van der Waals surface area contributed by atoms with Crippen molar-refractivity contribution in [1.82, 2.24) is 0 Å². The van der Waals surface area contributed by atoms with Gasteiger partial charge in [-0.2, -0.15) is 0 Å². The molecule has 0 aromatic carbocycles. The van der Waals surface area contributed by atoms with Gasteiger partial charge in [0.1, 0.15) is 195 Å². The second-order valence-electron chi connectivity index (χ2n) is 22.5. The third-order valence-corrected chi connectivity index (χ3v) is 16.9. The summed E-state index contributed by atoms with van der Waals surface area (Å²) in [6.07, 6.45) is -82.0. The van der Waals surface area contributed by atoms with Crippen molar-refractivity contribution in [2.45, 2.75) is 246 Å². The standard InChI is InChI=1S/C48H80O40/c49-1-9-33-17(57)25(65)41(73-9)82-34-10(2-50)75-43(27(67)19(34)59)84-36-12(4-52)77-45(29(69)21(36)61)86-38-14(6-54)79-47(31(71)23(38)63)88-40-16(8-56)80-48(32(72)24(40)64)87-39-15(7-55)78-46(30(70)22(39)62)85-37-13(5-53)76-44(28(68)20(37)60)83-35-11(3-51)74-42(81-33)26(66)18(35)58/h9-72H,1-8H2/t9-,10-,11-,12-,13-,14-,15-,16-,17-,18-,19-,20-,21-,22-,23-,24-,25-,26-,27-,28?,29?,30?,31-,32-,33-,34-,35?,36-,37-,38?,39-,40?,41?,42?,43?,44?,45?,46?,47?,48-/m1/s1. The molecule has 24 N–H and O–H groups in total. The van der Waals surface area contributed by atoms with Gasteiger partial charge in [0.25, 0.3) is 0 Å². The van der Waals surface area contributed by atoms with E-state index in [0.717, 1.165) is 0 Å². The van der Waals surface area contributed by atoms with Crippen molar-refractivity contribution in [1.29, 1.82) is 0 Å². The second kappa shape index (κ2) is 30.0. The first-order chi connectivity index (χ1) is 41.9. The Balaban J connectivity index is 0.975. The predicted molar refractivity (Wildman–Crippen MR) is 261 cm³/mol. The molecule has 0 aromatic rings. The van der Waals surface area contributed by atoms with Crippen LogP contribution in [0.3, 0.4) is 0 Å². The van der Waals surface area contributed by atoms with E-state index in [1.54, 1.807) is 0 Å². The molecule has 30 heterocycles. The predicted octanol–water partition coefficient (Wildman–Crippen LogP) is -17.4. The summed E-state index contributed by atoms with van der Waals surface area (Å²) in [5.74, 6) is 0. The fourth-order valence-corrected chi connectivity index (χ4v) is 11.9. The number of aliphatic hydroxyl groups excluding tert-OH is 24. The first-order valence-corrected chi connectivity index (χ1v) is 28.1. The lowest BCUT2D eigenvalue weighted by molar-refractivity contribution is -0.404. The van der Waals surface area contributed by atoms with Crippen LogP contribution in [0.5, 0.6) is 0 Å². The van der Waals surface area contributed by atoms with Gasteiger partial charge in [0.2, 0.25) is 0 Å². The van der Waals surface area contributed by atoms with Crippen LogP contribution in [-0.2, 0) is 75.8 Å². The van der Waals surface area contributed by atoms with Crippen LogP contribution in [0.2, 0.25) is 0 Å². The summed E-state index contributed by atoms with van der Waals surface area (Å²) >= 11 is 0. The quantitative estimate of drug-likeness (QED) is 0.107. The maximum atomic E-state index is 11.4. The molecular formula is C48H80O40. The van der Waals surface area contributed by atoms with Crippen LogP contribution in [0.15, 0.2) is 0 Å². The Morgan fingerprint density at radius 3 is 0.307 bits per heavy atom. The van der Waals surface area contributed by atoms with Gasteiger partial charge in [-0.3, -0.25) is 0 Å². The van der Waals surface area contributed by atoms with Crippen molar-refractivity contribution in [2.75, 3.05) is 52.9 Å². The lowest BCUT2D eigenvalue weighted by Crippen LogP contribution is -2.69. The van der Waals surface area contributed by atoms with E-state index in [1.165, 1.54) is 0 Å². The Kier molecular flexibility index (Phi) is 24.1. The summed E-state index contributed by atoms with van der Waals surface area (Å²) in [7, 11) is 0. The van der Waals surface area contributed by atoms with Crippen LogP contribution < -0.4 is 0 Å². The number of hydrogen-bond acceptors (Lipinski definition) is 40. The molecule has 0 spiro atoms. The molecule has 40 heteroatoms. The van der Waals surface area contributed by atoms with Crippen molar-refractivity contribution in [2.24, 2.45) is 0 Å². The van der Waals surface area contributed by atoms with Gasteiger partial charge >= 0.3 is 0 Å². The van der Waals surface area contributed by atoms with Crippen LogP contribution in [0, 0.1) is 0 Å². The normalized spacial score (nSPS) is 55.4. The lowest BCUT2D eigenvalue weighted by Gasteiger charge is -2.50. The van der Waals surface area contributed by atoms with E-state index >= 15 is 0 Å². The molecule has 88 heavy (non-hydrogen) atoms. The number of ether oxygens (including phenoxy) is 16. The Morgan fingerprint density at radius 1 is 0.136 bits per heavy atom. The summed E-state index contributed by atoms with van der Waals surface area (Å²) in [6, 6.07) is 0. The highest BCUT2D eigenvalue weighted by Gasteiger charge is 2.60. The fourth-order valence-electron chi connectivity index (χ4n) is 11.9. The molecule has 30 aliphatic rings. The van der Waals surface area contributed by atoms with Crippen LogP contribution in [0.1, 0.15) is 0 Å². The first-order valence-electron chi connectivity index (χ1n) is 28.1. The fraction of sp³-hybridized carbons (Fsp3) is 1.00. The van der Waals surface area contributed by atoms with E-state index in [9.17, 15) is 123 Å². The van der Waals surface area contributed by atoms with Gasteiger partial charge in [-0.15, -0.1) is 0 Å². The van der Waals surface area contributed by atoms with E-state index in [1.807, 2.05) is 0 Å². The third kappa shape index (κ3) is 13.8. The third-order valence-electron chi connectivity index (χ3n) is 16.9. The molecule has 40 atom stereocenters. The molecule has 30 fully saturated rings. The number of hydrogen-bond donors (Lipinski definition) is 24. The molecule has 13 unspecified atom stereocenters. The van der Waals surface area contributed by atoms with Crippen molar-refractivity contribution < 1.29 is 198 Å². The number of aliphatic hydroxyl groups is 24. The molecular weight excluding hydrogens is 1220 g/mol. The van der Waals surface area contributed by atoms with Gasteiger partial charge in [0, 0.05) is 0 Å². The van der Waals surface area contributed by atoms with Crippen molar-refractivity contribution >= 4 is 0 Å². The highest BCUT2D eigenvalue weighted by atomic mass is 16.8. The van der Waals surface area contributed by atoms with Crippen molar-refractivity contribution in [3.63, 3.8) is 0 Å². The maximum absolute atomic E-state index is 11.4. The highest BCUT2D eigenvalue weighted by molar-refractivity contribution is 5.02. The highest BCUT2D eigenvalue weighted by Crippen LogP contribution is 2.40. The largest absolute Gasteiger partial charge is 0.394 e. The smallest absolute Gasteiger partial charge is 0.187 e. The molecule has 0 saturated carbocycles. The zero-order valence-corrected chi connectivity index (χ0v) is 46.0. The topological polar surface area (TPSA) is 633 Å². The molecule has 0 radical (unpaired) electrons. The summed E-state index contributed by atoms with van der Waals surface area (Å²) in [5.41, 5.74) is 0. The van der Waals surface area contributed by atoms with E-state index in [-0.39, 0.29) is 0 Å². The van der Waals surface area contributed by atoms with Crippen LogP contribution in [0.4, 0.5) is 0 Å². The summed E-state index contributed by atoms with van der Waals surface area (Å²) in [6.45, 7) is -8.64. The molecule has 30 saturated heterocycles. The molecule has 0 aromatic heterocycles. The SMILES string of the molecule is OC[C@H]1O[C@@H]2O[C@H]3[C@H](O)C(O)C(O[C@H]4[C@H](O)C(O)C(OC5[C@@H](CO)OC(O[C@H]6[C@H](O)[C@@H](O)C(O[C@H]7[C@H](O)[C@@H](O)C(O[C@H]8[C@H](O)C(O)C(OC9[C@@H](CO)OC(OC1[C@H](O)[C@H]2O)[C@H](O)[C@H]9O)O[C@@H]8CO)O[C@@H]7CO)O[C@@H]6CO)[C@H](O)[C@H]5O)O[C@@H]4CO)O[C@@H]3CO. The molecule has 30 aliphatic heterocycles. The van der Waals surface area contributed by atoms with Crippen LogP contribution in [-0.4, -0.2) is 421 Å². The molecule has 30 rings (SSSR count). The molecule has 16 bridgehead atoms. The molecule has 512 valence electrons. The van der Waals surface area contributed by atoms with Gasteiger partial charge in [0.05, 0.1) is 52.9 Å². The maximum Gasteiger partial charge on any atom is 0.187 e. The zero-order chi connectivity index (χ0) is 64.1. The Labute approximate surface area is 496 Å². The average Bonchev–Trinajstić information content (AvgIpc) is 3.31. The number of rotatable bonds is 8. The van der Waals surface area contributed by atoms with E-state index in [4.69, 9.17) is 75.8 Å². The van der Waals surface area contributed by atoms with Gasteiger partial charge in [0.15, 0.2) is 50.3 Å². The molecule has 0 amide bonds. The minimum Gasteiger partial charge on any atom is -0.394 e. The lowest BCUT2D eigenvalue weighted by atomic mass is 9.94. The van der Waals surface area contributed by atoms with Gasteiger partial charge in [-0.05, 0) is 0 Å². The molecule has 0 aliphatic carbocycles. The first kappa shape index (κ1) is 70.7. The average molecular weight is 1300 g/mol. The van der Waals surface area contributed by atoms with Gasteiger partial charge in [-0.25, -0.2) is 0 Å². The van der Waals surface area contributed by atoms with Gasteiger partial charge < -0.3 is 198 Å². The minimum absolute atomic E-state index is 1.08. The van der Waals surface area contributed by atoms with Gasteiger partial charge in [-0.1, -0.05) is 0 Å². The van der Waals surface area contributed by atoms with E-state index < -0.39 is 299 Å². The Morgan fingerprint density at radius 2 is 0.227 bits per heavy atom. The minimum atomic E-state index is -2.25. The van der Waals surface area contributed by atoms with E-state index in [0.29, 0.717) is 0 Å². The monoisotopic (exact) mass is 1300 g/mol. The summed E-state index contributed by atoms with van der Waals surface area (Å²) < 4.78 is 91.1. The summed E-state index contributed by atoms with van der Waals surface area (Å²) in [4.78, 5) is 0. The second-order valence-corrected chi connectivity index (χ2v) is 22.5. The summed E-state index contributed by atoms with van der Waals surface area (Å²) in [5, 5.41) is 265. The van der Waals surface area contributed by atoms with Crippen molar-refractivity contribution in [3.05, 3.63) is 0 Å². The zero-order valence-electron chi connectivity index (χ0n) is 46.0. The van der Waals surface area contributed by atoms with Crippen LogP contribution >= 0.6 is 0 Å². The van der Waals surface area contributed by atoms with E-state index in [2.05, 4.69) is 0 Å². The molecule has 40 nitrogen and oxygen atoms in total. The van der Waals surface area contributed by atoms with Crippen molar-refractivity contribution in [3.8, 4) is 0 Å². The van der Waals surface area contributed by atoms with Crippen LogP contribution in [0.25, 0.3) is 0 Å². The Bertz CT molecular complexity index is 1700.